The summed E-state index contributed by atoms with van der Waals surface area (Å²) < 4.78 is 13.5. The van der Waals surface area contributed by atoms with Gasteiger partial charge in [-0.15, -0.1) is 0 Å². The fourth-order valence-corrected chi connectivity index (χ4v) is 1.65. The van der Waals surface area contributed by atoms with Gasteiger partial charge in [0.1, 0.15) is 11.5 Å². The number of benzene rings is 1. The van der Waals surface area contributed by atoms with Crippen LogP contribution in [0.15, 0.2) is 30.5 Å². The number of H-pyrrole nitrogens is 1. The van der Waals surface area contributed by atoms with E-state index >= 15 is 0 Å². The van der Waals surface area contributed by atoms with Crippen molar-refractivity contribution in [1.29, 1.82) is 0 Å². The number of carbonyl (C=O) groups excluding carboxylic acids is 1. The maximum absolute atomic E-state index is 13.5. The Bertz CT molecular complexity index is 636. The second-order valence-electron chi connectivity index (χ2n) is 3.56. The zero-order chi connectivity index (χ0) is 13.3. The number of hydrogen-bond donors (Lipinski definition) is 2. The number of carboxylic acid groups (broad SMARTS) is 1. The highest BCUT2D eigenvalue weighted by atomic mass is 35.5. The van der Waals surface area contributed by atoms with Crippen molar-refractivity contribution in [3.8, 4) is 0 Å². The molecule has 0 unspecified atom stereocenters. The van der Waals surface area contributed by atoms with Crippen LogP contribution in [0.3, 0.4) is 0 Å². The fraction of sp³-hybridized carbons (Fsp3) is 0. The van der Waals surface area contributed by atoms with Gasteiger partial charge in [0.25, 0.3) is 0 Å². The van der Waals surface area contributed by atoms with E-state index in [-0.39, 0.29) is 21.8 Å². The predicted molar refractivity (Wildman–Crippen MR) is 62.6 cm³/mol. The fourth-order valence-electron chi connectivity index (χ4n) is 1.48. The molecule has 4 nitrogen and oxygen atoms in total. The standard InChI is InChI=1S/C12H7ClFNO3/c13-7-1-2-9(14)8(4-7)11(16)6-3-10(12(17)18)15-5-6/h1-5,15H,(H,17,18). The minimum absolute atomic E-state index is 0.0635. The van der Waals surface area contributed by atoms with E-state index in [1.807, 2.05) is 0 Å². The second-order valence-corrected chi connectivity index (χ2v) is 4.00. The Morgan fingerprint density at radius 1 is 1.28 bits per heavy atom. The first kappa shape index (κ1) is 12.3. The van der Waals surface area contributed by atoms with Gasteiger partial charge in [0.05, 0.1) is 5.56 Å². The molecule has 2 aromatic rings. The van der Waals surface area contributed by atoms with Gasteiger partial charge in [-0.1, -0.05) is 11.6 Å². The monoisotopic (exact) mass is 267 g/mol. The van der Waals surface area contributed by atoms with Crippen molar-refractivity contribution in [2.45, 2.75) is 0 Å². The number of carboxylic acids is 1. The number of hydrogen-bond acceptors (Lipinski definition) is 2. The lowest BCUT2D eigenvalue weighted by Crippen LogP contribution is -2.03. The Kier molecular flexibility index (Phi) is 3.16. The number of rotatable bonds is 3. The summed E-state index contributed by atoms with van der Waals surface area (Å²) in [6.45, 7) is 0. The molecule has 0 aliphatic heterocycles. The molecule has 0 saturated carbocycles. The van der Waals surface area contributed by atoms with Gasteiger partial charge in [0.15, 0.2) is 5.78 Å². The molecule has 0 amide bonds. The molecule has 0 fully saturated rings. The lowest BCUT2D eigenvalue weighted by molar-refractivity contribution is 0.0691. The topological polar surface area (TPSA) is 70.2 Å². The van der Waals surface area contributed by atoms with Crippen LogP contribution in [0.2, 0.25) is 5.02 Å². The van der Waals surface area contributed by atoms with E-state index in [1.54, 1.807) is 0 Å². The number of aromatic carboxylic acids is 1. The van der Waals surface area contributed by atoms with Crippen molar-refractivity contribution in [2.75, 3.05) is 0 Å². The number of aromatic amines is 1. The highest BCUT2D eigenvalue weighted by Gasteiger charge is 2.17. The van der Waals surface area contributed by atoms with Crippen LogP contribution in [-0.2, 0) is 0 Å². The van der Waals surface area contributed by atoms with Crippen LogP contribution in [0.4, 0.5) is 4.39 Å². The molecule has 0 bridgehead atoms. The molecule has 92 valence electrons. The van der Waals surface area contributed by atoms with Gasteiger partial charge in [-0.3, -0.25) is 4.79 Å². The van der Waals surface area contributed by atoms with Crippen molar-refractivity contribution in [3.63, 3.8) is 0 Å². The Morgan fingerprint density at radius 3 is 2.61 bits per heavy atom. The van der Waals surface area contributed by atoms with Crippen LogP contribution < -0.4 is 0 Å². The summed E-state index contributed by atoms with van der Waals surface area (Å²) in [4.78, 5) is 25.0. The van der Waals surface area contributed by atoms with E-state index in [0.717, 1.165) is 12.1 Å². The van der Waals surface area contributed by atoms with Gasteiger partial charge in [-0.25, -0.2) is 9.18 Å². The molecule has 2 rings (SSSR count). The molecule has 18 heavy (non-hydrogen) atoms. The summed E-state index contributed by atoms with van der Waals surface area (Å²) >= 11 is 5.68. The zero-order valence-electron chi connectivity index (χ0n) is 8.91. The van der Waals surface area contributed by atoms with E-state index in [9.17, 15) is 14.0 Å². The first-order chi connectivity index (χ1) is 8.49. The Balaban J connectivity index is 2.41. The molecule has 1 aromatic heterocycles. The van der Waals surface area contributed by atoms with Gasteiger partial charge < -0.3 is 10.1 Å². The molecular formula is C12H7ClFNO3. The molecule has 6 heteroatoms. The maximum atomic E-state index is 13.5. The number of carbonyl (C=O) groups is 2. The summed E-state index contributed by atoms with van der Waals surface area (Å²) in [5, 5.41) is 8.94. The maximum Gasteiger partial charge on any atom is 0.352 e. The van der Waals surface area contributed by atoms with E-state index in [0.29, 0.717) is 0 Å². The van der Waals surface area contributed by atoms with Crippen LogP contribution in [-0.4, -0.2) is 21.8 Å². The Hall–Kier alpha value is -2.14. The molecule has 0 saturated heterocycles. The quantitative estimate of drug-likeness (QED) is 0.840. The molecular weight excluding hydrogens is 261 g/mol. The summed E-state index contributed by atoms with van der Waals surface area (Å²) in [5.41, 5.74) is -0.271. The highest BCUT2D eigenvalue weighted by Crippen LogP contribution is 2.19. The predicted octanol–water partition coefficient (Wildman–Crippen LogP) is 2.74. The van der Waals surface area contributed by atoms with Crippen molar-refractivity contribution in [3.05, 3.63) is 58.1 Å². The molecule has 0 aliphatic rings. The first-order valence-electron chi connectivity index (χ1n) is 4.90. The second kappa shape index (κ2) is 4.62. The van der Waals surface area contributed by atoms with Gasteiger partial charge >= 0.3 is 5.97 Å². The third-order valence-electron chi connectivity index (χ3n) is 2.35. The molecule has 0 atom stereocenters. The number of halogens is 2. The third-order valence-corrected chi connectivity index (χ3v) is 2.58. The molecule has 0 aliphatic carbocycles. The van der Waals surface area contributed by atoms with Crippen LogP contribution >= 0.6 is 11.6 Å². The molecule has 1 aromatic carbocycles. The van der Waals surface area contributed by atoms with E-state index < -0.39 is 17.6 Å². The summed E-state index contributed by atoms with van der Waals surface area (Å²) in [6, 6.07) is 4.76. The number of nitrogens with one attached hydrogen (secondary N) is 1. The molecule has 2 N–H and O–H groups in total. The van der Waals surface area contributed by atoms with Crippen LogP contribution in [0, 0.1) is 5.82 Å². The van der Waals surface area contributed by atoms with Gasteiger partial charge in [-0.2, -0.15) is 0 Å². The average Bonchev–Trinajstić information content (AvgIpc) is 2.81. The third kappa shape index (κ3) is 2.26. The highest BCUT2D eigenvalue weighted by molar-refractivity contribution is 6.31. The van der Waals surface area contributed by atoms with Gasteiger partial charge in [0, 0.05) is 16.8 Å². The first-order valence-corrected chi connectivity index (χ1v) is 5.28. The van der Waals surface area contributed by atoms with E-state index in [4.69, 9.17) is 16.7 Å². The average molecular weight is 268 g/mol. The number of aromatic nitrogens is 1. The summed E-state index contributed by atoms with van der Waals surface area (Å²) in [6.07, 6.45) is 1.21. The normalized spacial score (nSPS) is 10.3. The Labute approximate surface area is 106 Å². The lowest BCUT2D eigenvalue weighted by atomic mass is 10.1. The van der Waals surface area contributed by atoms with E-state index in [1.165, 1.54) is 18.3 Å². The zero-order valence-corrected chi connectivity index (χ0v) is 9.66. The Morgan fingerprint density at radius 2 is 2.00 bits per heavy atom. The SMILES string of the molecule is O=C(O)c1cc(C(=O)c2cc(Cl)ccc2F)c[nH]1. The summed E-state index contributed by atoms with van der Waals surface area (Å²) in [7, 11) is 0. The molecule has 0 radical (unpaired) electrons. The van der Waals surface area contributed by atoms with Gasteiger partial charge in [-0.05, 0) is 24.3 Å². The van der Waals surface area contributed by atoms with Crippen LogP contribution in [0.5, 0.6) is 0 Å². The summed E-state index contributed by atoms with van der Waals surface area (Å²) in [5.74, 6) is -2.53. The molecule has 0 spiro atoms. The van der Waals surface area contributed by atoms with Crippen molar-refractivity contribution < 1.29 is 19.1 Å². The van der Waals surface area contributed by atoms with Crippen molar-refractivity contribution >= 4 is 23.4 Å². The van der Waals surface area contributed by atoms with Crippen molar-refractivity contribution in [1.82, 2.24) is 4.98 Å². The lowest BCUT2D eigenvalue weighted by Gasteiger charge is -2.00. The largest absolute Gasteiger partial charge is 0.477 e. The van der Waals surface area contributed by atoms with Crippen LogP contribution in [0.1, 0.15) is 26.4 Å². The molecule has 1 heterocycles. The van der Waals surface area contributed by atoms with Crippen LogP contribution in [0.25, 0.3) is 0 Å². The van der Waals surface area contributed by atoms with Crippen molar-refractivity contribution in [2.24, 2.45) is 0 Å². The minimum atomic E-state index is -1.19. The van der Waals surface area contributed by atoms with E-state index in [2.05, 4.69) is 4.98 Å². The smallest absolute Gasteiger partial charge is 0.352 e. The van der Waals surface area contributed by atoms with Gasteiger partial charge in [0.2, 0.25) is 0 Å². The minimum Gasteiger partial charge on any atom is -0.477 e. The number of ketones is 1.